The molecule has 2 amide bonds. The van der Waals surface area contributed by atoms with Gasteiger partial charge in [0.05, 0.1) is 11.9 Å². The first kappa shape index (κ1) is 27.5. The lowest BCUT2D eigenvalue weighted by Gasteiger charge is -2.32. The minimum atomic E-state index is -3.81. The Bertz CT molecular complexity index is 1180. The van der Waals surface area contributed by atoms with E-state index in [-0.39, 0.29) is 18.5 Å². The Balaban J connectivity index is 1.91. The Kier molecular flexibility index (Phi) is 9.23. The minimum absolute atomic E-state index is 0.106. The Morgan fingerprint density at radius 1 is 1.17 bits per heavy atom. The molecule has 3 rings (SSSR count). The Labute approximate surface area is 221 Å². The van der Waals surface area contributed by atoms with E-state index in [1.165, 1.54) is 4.90 Å². The first-order valence-corrected chi connectivity index (χ1v) is 14.6. The summed E-state index contributed by atoms with van der Waals surface area (Å²) in [5.41, 5.74) is 1.70. The van der Waals surface area contributed by atoms with E-state index in [2.05, 4.69) is 21.2 Å². The smallest absolute Gasteiger partial charge is 0.244 e. The molecule has 1 aliphatic carbocycles. The van der Waals surface area contributed by atoms with E-state index in [9.17, 15) is 18.0 Å². The van der Waals surface area contributed by atoms with Gasteiger partial charge in [-0.3, -0.25) is 13.9 Å². The topological polar surface area (TPSA) is 86.8 Å². The van der Waals surface area contributed by atoms with Crippen molar-refractivity contribution < 1.29 is 18.0 Å². The van der Waals surface area contributed by atoms with Crippen LogP contribution in [-0.4, -0.2) is 50.0 Å². The predicted molar refractivity (Wildman–Crippen MR) is 143 cm³/mol. The number of hydrogen-bond donors (Lipinski definition) is 1. The maximum Gasteiger partial charge on any atom is 0.244 e. The third-order valence-electron chi connectivity index (χ3n) is 6.30. The molecule has 1 unspecified atom stereocenters. The van der Waals surface area contributed by atoms with Gasteiger partial charge in [-0.1, -0.05) is 58.6 Å². The second-order valence-corrected chi connectivity index (χ2v) is 12.2. The van der Waals surface area contributed by atoms with Crippen LogP contribution in [-0.2, 0) is 26.2 Å². The highest BCUT2D eigenvalue weighted by molar-refractivity contribution is 9.10. The predicted octanol–water partition coefficient (Wildman–Crippen LogP) is 4.65. The summed E-state index contributed by atoms with van der Waals surface area (Å²) in [7, 11) is -3.81. The van der Waals surface area contributed by atoms with Crippen LogP contribution in [0, 0.1) is 6.92 Å². The second kappa shape index (κ2) is 11.8. The first-order chi connectivity index (χ1) is 16.5. The summed E-state index contributed by atoms with van der Waals surface area (Å²) in [4.78, 5) is 28.2. The summed E-state index contributed by atoms with van der Waals surface area (Å²) in [6.45, 7) is 3.09. The fourth-order valence-corrected chi connectivity index (χ4v) is 5.78. The van der Waals surface area contributed by atoms with Gasteiger partial charge in [0.2, 0.25) is 21.8 Å². The third-order valence-corrected chi connectivity index (χ3v) is 8.33. The summed E-state index contributed by atoms with van der Waals surface area (Å²) in [5.74, 6) is -0.728. The van der Waals surface area contributed by atoms with Crippen molar-refractivity contribution in [1.29, 1.82) is 0 Å². The van der Waals surface area contributed by atoms with Gasteiger partial charge in [0.25, 0.3) is 0 Å². The number of sulfonamides is 1. The van der Waals surface area contributed by atoms with E-state index >= 15 is 0 Å². The summed E-state index contributed by atoms with van der Waals surface area (Å²) in [5, 5.41) is 3.45. The summed E-state index contributed by atoms with van der Waals surface area (Å²) in [6, 6.07) is 11.7. The average Bonchev–Trinajstić information content (AvgIpc) is 3.29. The molecule has 2 aromatic carbocycles. The van der Waals surface area contributed by atoms with Crippen molar-refractivity contribution in [3.63, 3.8) is 0 Å². The Morgan fingerprint density at radius 2 is 1.83 bits per heavy atom. The fourth-order valence-electron chi connectivity index (χ4n) is 4.27. The number of carbonyl (C=O) groups is 2. The molecule has 2 aromatic rings. The van der Waals surface area contributed by atoms with Crippen LogP contribution in [0.15, 0.2) is 46.9 Å². The molecule has 0 saturated heterocycles. The van der Waals surface area contributed by atoms with Crippen LogP contribution < -0.4 is 9.62 Å². The fraction of sp³-hybridized carbons (Fsp3) is 0.440. The van der Waals surface area contributed by atoms with Gasteiger partial charge in [0.1, 0.15) is 12.6 Å². The van der Waals surface area contributed by atoms with Crippen molar-refractivity contribution in [2.24, 2.45) is 0 Å². The number of nitrogens with zero attached hydrogens (tertiary/aromatic N) is 2. The number of nitrogens with one attached hydrogen (secondary N) is 1. The average molecular weight is 585 g/mol. The summed E-state index contributed by atoms with van der Waals surface area (Å²) >= 11 is 9.67. The second-order valence-electron chi connectivity index (χ2n) is 8.97. The van der Waals surface area contributed by atoms with E-state index < -0.39 is 28.5 Å². The van der Waals surface area contributed by atoms with Crippen LogP contribution in [0.25, 0.3) is 0 Å². The van der Waals surface area contributed by atoms with E-state index in [1.54, 1.807) is 32.0 Å². The van der Waals surface area contributed by atoms with Gasteiger partial charge in [-0.2, -0.15) is 0 Å². The molecule has 0 heterocycles. The number of amides is 2. The van der Waals surface area contributed by atoms with Crippen LogP contribution in [0.4, 0.5) is 5.69 Å². The molecule has 0 aromatic heterocycles. The number of rotatable bonds is 9. The molecule has 0 bridgehead atoms. The van der Waals surface area contributed by atoms with Crippen molar-refractivity contribution in [2.45, 2.75) is 58.2 Å². The molecule has 0 spiro atoms. The zero-order chi connectivity index (χ0) is 25.8. The lowest BCUT2D eigenvalue weighted by atomic mass is 10.1. The molecule has 35 heavy (non-hydrogen) atoms. The highest BCUT2D eigenvalue weighted by atomic mass is 79.9. The maximum atomic E-state index is 13.6. The molecule has 1 saturated carbocycles. The molecule has 0 aliphatic heterocycles. The minimum Gasteiger partial charge on any atom is -0.352 e. The lowest BCUT2D eigenvalue weighted by Crippen LogP contribution is -2.52. The zero-order valence-electron chi connectivity index (χ0n) is 20.1. The van der Waals surface area contributed by atoms with Crippen LogP contribution >= 0.6 is 27.5 Å². The van der Waals surface area contributed by atoms with Crippen LogP contribution in [0.2, 0.25) is 5.02 Å². The van der Waals surface area contributed by atoms with Crippen molar-refractivity contribution in [3.05, 3.63) is 63.1 Å². The standard InChI is InChI=1S/C25H31BrClN3O4S/c1-17-22(27)12-7-13-23(17)30(35(3,33)34)16-24(31)29(15-19-8-6-9-20(26)14-19)18(2)25(32)28-21-10-4-5-11-21/h6-9,12-14,18,21H,4-5,10-11,15-16H2,1-3H3,(H,28,32). The summed E-state index contributed by atoms with van der Waals surface area (Å²) in [6.07, 6.45) is 5.04. The normalized spacial score (nSPS) is 15.0. The van der Waals surface area contributed by atoms with Gasteiger partial charge in [0, 0.05) is 22.1 Å². The number of benzene rings is 2. The van der Waals surface area contributed by atoms with Crippen molar-refractivity contribution in [3.8, 4) is 0 Å². The van der Waals surface area contributed by atoms with Crippen LogP contribution in [0.3, 0.4) is 0 Å². The molecule has 190 valence electrons. The molecule has 1 fully saturated rings. The van der Waals surface area contributed by atoms with E-state index in [1.807, 2.05) is 24.3 Å². The van der Waals surface area contributed by atoms with Gasteiger partial charge in [0.15, 0.2) is 0 Å². The number of halogens is 2. The molecule has 1 aliphatic rings. The van der Waals surface area contributed by atoms with Gasteiger partial charge < -0.3 is 10.2 Å². The van der Waals surface area contributed by atoms with Crippen LogP contribution in [0.1, 0.15) is 43.7 Å². The quantitative estimate of drug-likeness (QED) is 0.465. The van der Waals surface area contributed by atoms with Crippen LogP contribution in [0.5, 0.6) is 0 Å². The van der Waals surface area contributed by atoms with E-state index in [0.29, 0.717) is 16.3 Å². The molecule has 10 heteroatoms. The molecule has 1 N–H and O–H groups in total. The first-order valence-electron chi connectivity index (χ1n) is 11.5. The number of hydrogen-bond acceptors (Lipinski definition) is 4. The maximum absolute atomic E-state index is 13.6. The number of carbonyl (C=O) groups excluding carboxylic acids is 2. The van der Waals surface area contributed by atoms with Crippen molar-refractivity contribution >= 4 is 55.1 Å². The molecular formula is C25H31BrClN3O4S. The van der Waals surface area contributed by atoms with Crippen molar-refractivity contribution in [2.75, 3.05) is 17.1 Å². The van der Waals surface area contributed by atoms with Gasteiger partial charge >= 0.3 is 0 Å². The molecular weight excluding hydrogens is 554 g/mol. The lowest BCUT2D eigenvalue weighted by molar-refractivity contribution is -0.139. The zero-order valence-corrected chi connectivity index (χ0v) is 23.3. The Morgan fingerprint density at radius 3 is 2.46 bits per heavy atom. The molecule has 0 radical (unpaired) electrons. The Hall–Kier alpha value is -2.10. The molecule has 7 nitrogen and oxygen atoms in total. The van der Waals surface area contributed by atoms with E-state index in [4.69, 9.17) is 11.6 Å². The largest absolute Gasteiger partial charge is 0.352 e. The molecule has 1 atom stereocenters. The summed E-state index contributed by atoms with van der Waals surface area (Å²) < 4.78 is 27.3. The van der Waals surface area contributed by atoms with E-state index in [0.717, 1.165) is 46.3 Å². The highest BCUT2D eigenvalue weighted by Gasteiger charge is 2.32. The monoisotopic (exact) mass is 583 g/mol. The third kappa shape index (κ3) is 7.21. The van der Waals surface area contributed by atoms with Gasteiger partial charge in [-0.15, -0.1) is 0 Å². The SMILES string of the molecule is Cc1c(Cl)cccc1N(CC(=O)N(Cc1cccc(Br)c1)C(C)C(=O)NC1CCCC1)S(C)(=O)=O. The number of anilines is 1. The van der Waals surface area contributed by atoms with Crippen molar-refractivity contribution in [1.82, 2.24) is 10.2 Å². The van der Waals surface area contributed by atoms with Gasteiger partial charge in [-0.25, -0.2) is 8.42 Å². The highest BCUT2D eigenvalue weighted by Crippen LogP contribution is 2.28. The van der Waals surface area contributed by atoms with Gasteiger partial charge in [-0.05, 0) is 62.1 Å².